The van der Waals surface area contributed by atoms with Gasteiger partial charge in [0.1, 0.15) is 5.82 Å². The highest BCUT2D eigenvalue weighted by molar-refractivity contribution is 5.70. The van der Waals surface area contributed by atoms with Gasteiger partial charge in [0.15, 0.2) is 0 Å². The first kappa shape index (κ1) is 17.6. The van der Waals surface area contributed by atoms with Gasteiger partial charge in [-0.05, 0) is 37.5 Å². The molecule has 0 spiro atoms. The zero-order valence-electron chi connectivity index (χ0n) is 13.0. The summed E-state index contributed by atoms with van der Waals surface area (Å²) in [5, 5.41) is 13.7. The van der Waals surface area contributed by atoms with Gasteiger partial charge in [0.2, 0.25) is 0 Å². The lowest BCUT2D eigenvalue weighted by Gasteiger charge is -2.27. The fourth-order valence-electron chi connectivity index (χ4n) is 2.09. The number of halogens is 1. The first-order valence-electron chi connectivity index (χ1n) is 7.16. The van der Waals surface area contributed by atoms with Gasteiger partial charge in [-0.15, -0.1) is 0 Å². The van der Waals surface area contributed by atoms with E-state index in [9.17, 15) is 14.3 Å². The standard InChI is InChI=1S/C16H24FNO3/c1-5-11(3)18-14(9-15(19)21-4)16(20)12-6-7-13(17)10(2)8-12/h6-8,11,14,16,18,20H,5,9H2,1-4H3. The van der Waals surface area contributed by atoms with Crippen LogP contribution in [0.25, 0.3) is 0 Å². The molecule has 4 nitrogen and oxygen atoms in total. The molecular weight excluding hydrogens is 273 g/mol. The van der Waals surface area contributed by atoms with Crippen LogP contribution in [-0.2, 0) is 9.53 Å². The Balaban J connectivity index is 2.93. The molecule has 0 aliphatic carbocycles. The molecule has 0 amide bonds. The Morgan fingerprint density at radius 1 is 1.48 bits per heavy atom. The van der Waals surface area contributed by atoms with E-state index < -0.39 is 18.1 Å². The van der Waals surface area contributed by atoms with Crippen molar-refractivity contribution < 1.29 is 19.0 Å². The van der Waals surface area contributed by atoms with E-state index >= 15 is 0 Å². The highest BCUT2D eigenvalue weighted by Crippen LogP contribution is 2.22. The molecule has 118 valence electrons. The fourth-order valence-corrected chi connectivity index (χ4v) is 2.09. The highest BCUT2D eigenvalue weighted by Gasteiger charge is 2.25. The first-order chi connectivity index (χ1) is 9.88. The number of ether oxygens (including phenoxy) is 1. The summed E-state index contributed by atoms with van der Waals surface area (Å²) in [6, 6.07) is 4.14. The molecular formula is C16H24FNO3. The number of carbonyl (C=O) groups excluding carboxylic acids is 1. The van der Waals surface area contributed by atoms with Gasteiger partial charge in [-0.25, -0.2) is 4.39 Å². The van der Waals surface area contributed by atoms with Crippen LogP contribution in [0.3, 0.4) is 0 Å². The molecule has 0 aliphatic heterocycles. The van der Waals surface area contributed by atoms with Crippen molar-refractivity contribution in [1.82, 2.24) is 5.32 Å². The van der Waals surface area contributed by atoms with E-state index in [0.717, 1.165) is 6.42 Å². The number of aliphatic hydroxyl groups excluding tert-OH is 1. The normalized spacial score (nSPS) is 15.3. The van der Waals surface area contributed by atoms with Crippen LogP contribution in [-0.4, -0.2) is 30.3 Å². The van der Waals surface area contributed by atoms with Crippen LogP contribution >= 0.6 is 0 Å². The van der Waals surface area contributed by atoms with Crippen molar-refractivity contribution in [3.8, 4) is 0 Å². The summed E-state index contributed by atoms with van der Waals surface area (Å²) >= 11 is 0. The third kappa shape index (κ3) is 5.10. The molecule has 0 aromatic heterocycles. The number of nitrogens with one attached hydrogen (secondary N) is 1. The van der Waals surface area contributed by atoms with E-state index in [2.05, 4.69) is 10.1 Å². The molecule has 0 heterocycles. The van der Waals surface area contributed by atoms with Gasteiger partial charge in [0, 0.05) is 12.1 Å². The van der Waals surface area contributed by atoms with E-state index in [-0.39, 0.29) is 18.3 Å². The van der Waals surface area contributed by atoms with Gasteiger partial charge in [-0.2, -0.15) is 0 Å². The minimum absolute atomic E-state index is 0.0540. The molecule has 3 unspecified atom stereocenters. The van der Waals surface area contributed by atoms with Gasteiger partial charge < -0.3 is 15.2 Å². The van der Waals surface area contributed by atoms with E-state index in [1.807, 2.05) is 13.8 Å². The molecule has 0 bridgehead atoms. The van der Waals surface area contributed by atoms with E-state index in [4.69, 9.17) is 0 Å². The molecule has 1 aromatic carbocycles. The predicted molar refractivity (Wildman–Crippen MR) is 79.4 cm³/mol. The maximum absolute atomic E-state index is 13.3. The van der Waals surface area contributed by atoms with E-state index in [1.165, 1.54) is 19.2 Å². The van der Waals surface area contributed by atoms with Crippen LogP contribution in [0.4, 0.5) is 4.39 Å². The van der Waals surface area contributed by atoms with Crippen molar-refractivity contribution in [1.29, 1.82) is 0 Å². The summed E-state index contributed by atoms with van der Waals surface area (Å²) in [6.07, 6.45) is 0.0167. The number of rotatable bonds is 7. The lowest BCUT2D eigenvalue weighted by molar-refractivity contribution is -0.142. The van der Waals surface area contributed by atoms with Crippen LogP contribution < -0.4 is 5.32 Å². The topological polar surface area (TPSA) is 58.6 Å². The second-order valence-electron chi connectivity index (χ2n) is 5.32. The lowest BCUT2D eigenvalue weighted by Crippen LogP contribution is -2.42. The molecule has 0 saturated carbocycles. The summed E-state index contributed by atoms with van der Waals surface area (Å²) in [5.41, 5.74) is 1.05. The van der Waals surface area contributed by atoms with Crippen LogP contribution in [0.15, 0.2) is 18.2 Å². The first-order valence-corrected chi connectivity index (χ1v) is 7.16. The Morgan fingerprint density at radius 3 is 2.67 bits per heavy atom. The molecule has 1 aromatic rings. The van der Waals surface area contributed by atoms with Crippen LogP contribution in [0.5, 0.6) is 0 Å². The van der Waals surface area contributed by atoms with E-state index in [1.54, 1.807) is 13.0 Å². The maximum Gasteiger partial charge on any atom is 0.307 e. The van der Waals surface area contributed by atoms with Crippen molar-refractivity contribution in [2.24, 2.45) is 0 Å². The Morgan fingerprint density at radius 2 is 2.14 bits per heavy atom. The summed E-state index contributed by atoms with van der Waals surface area (Å²) < 4.78 is 18.0. The molecule has 3 atom stereocenters. The zero-order valence-corrected chi connectivity index (χ0v) is 13.0. The Bertz CT molecular complexity index is 479. The number of esters is 1. The third-order valence-electron chi connectivity index (χ3n) is 3.63. The molecule has 0 fully saturated rings. The van der Waals surface area contributed by atoms with Crippen molar-refractivity contribution in [2.45, 2.75) is 51.8 Å². The van der Waals surface area contributed by atoms with Gasteiger partial charge in [0.05, 0.1) is 19.6 Å². The number of hydrogen-bond donors (Lipinski definition) is 2. The Kier molecular flexibility index (Phi) is 6.78. The summed E-state index contributed by atoms with van der Waals surface area (Å²) in [4.78, 5) is 11.5. The maximum atomic E-state index is 13.3. The second-order valence-corrected chi connectivity index (χ2v) is 5.32. The van der Waals surface area contributed by atoms with Crippen LogP contribution in [0.1, 0.15) is 43.9 Å². The lowest BCUT2D eigenvalue weighted by atomic mass is 9.97. The largest absolute Gasteiger partial charge is 0.469 e. The fraction of sp³-hybridized carbons (Fsp3) is 0.562. The average Bonchev–Trinajstić information content (AvgIpc) is 2.48. The smallest absolute Gasteiger partial charge is 0.307 e. The molecule has 0 radical (unpaired) electrons. The summed E-state index contributed by atoms with van der Waals surface area (Å²) in [5.74, 6) is -0.709. The summed E-state index contributed by atoms with van der Waals surface area (Å²) in [6.45, 7) is 5.64. The Hall–Kier alpha value is -1.46. The number of hydrogen-bond acceptors (Lipinski definition) is 4. The van der Waals surface area contributed by atoms with Crippen LogP contribution in [0.2, 0.25) is 0 Å². The van der Waals surface area contributed by atoms with E-state index in [0.29, 0.717) is 11.1 Å². The molecule has 21 heavy (non-hydrogen) atoms. The van der Waals surface area contributed by atoms with Gasteiger partial charge in [0.25, 0.3) is 0 Å². The molecule has 1 rings (SSSR count). The monoisotopic (exact) mass is 297 g/mol. The predicted octanol–water partition coefficient (Wildman–Crippen LogP) is 2.49. The minimum atomic E-state index is -0.905. The number of carbonyl (C=O) groups is 1. The van der Waals surface area contributed by atoms with Crippen molar-refractivity contribution in [2.75, 3.05) is 7.11 Å². The highest BCUT2D eigenvalue weighted by atomic mass is 19.1. The molecule has 2 N–H and O–H groups in total. The zero-order chi connectivity index (χ0) is 16.0. The number of aliphatic hydroxyl groups is 1. The number of methoxy groups -OCH3 is 1. The summed E-state index contributed by atoms with van der Waals surface area (Å²) in [7, 11) is 1.32. The van der Waals surface area contributed by atoms with Gasteiger partial charge in [-0.1, -0.05) is 19.1 Å². The van der Waals surface area contributed by atoms with Gasteiger partial charge >= 0.3 is 5.97 Å². The molecule has 0 saturated heterocycles. The quantitative estimate of drug-likeness (QED) is 0.759. The molecule has 0 aliphatic rings. The van der Waals surface area contributed by atoms with Crippen molar-refractivity contribution in [3.63, 3.8) is 0 Å². The van der Waals surface area contributed by atoms with Crippen molar-refractivity contribution >= 4 is 5.97 Å². The average molecular weight is 297 g/mol. The van der Waals surface area contributed by atoms with Crippen molar-refractivity contribution in [3.05, 3.63) is 35.1 Å². The Labute approximate surface area is 125 Å². The SMILES string of the molecule is CCC(C)NC(CC(=O)OC)C(O)c1ccc(F)c(C)c1. The third-order valence-corrected chi connectivity index (χ3v) is 3.63. The van der Waals surface area contributed by atoms with Crippen LogP contribution in [0, 0.1) is 12.7 Å². The number of aryl methyl sites for hydroxylation is 1. The number of benzene rings is 1. The molecule has 5 heteroatoms. The second kappa shape index (κ2) is 8.10. The minimum Gasteiger partial charge on any atom is -0.469 e. The van der Waals surface area contributed by atoms with Gasteiger partial charge in [-0.3, -0.25) is 4.79 Å².